The standard InChI is InChI=1S/C11H9F3N2O/c1-7-2-4-8(5-3-7)16-10(17)6-9(15-16)11(12,13)14/h2-6,15H,1H3. The highest BCUT2D eigenvalue weighted by Gasteiger charge is 2.33. The van der Waals surface area contributed by atoms with Crippen molar-refractivity contribution in [1.82, 2.24) is 9.78 Å². The van der Waals surface area contributed by atoms with Crippen LogP contribution in [-0.2, 0) is 6.18 Å². The lowest BCUT2D eigenvalue weighted by Gasteiger charge is -2.04. The summed E-state index contributed by atoms with van der Waals surface area (Å²) in [5.74, 6) is 0. The highest BCUT2D eigenvalue weighted by Crippen LogP contribution is 2.26. The molecule has 0 bridgehead atoms. The second-order valence-corrected chi connectivity index (χ2v) is 3.68. The molecular weight excluding hydrogens is 233 g/mol. The van der Waals surface area contributed by atoms with Gasteiger partial charge in [-0.2, -0.15) is 13.2 Å². The predicted octanol–water partition coefficient (Wildman–Crippen LogP) is 2.49. The Morgan fingerprint density at radius 1 is 1.18 bits per heavy atom. The number of alkyl halides is 3. The summed E-state index contributed by atoms with van der Waals surface area (Å²) in [4.78, 5) is 11.4. The minimum absolute atomic E-state index is 0.371. The second-order valence-electron chi connectivity index (χ2n) is 3.68. The molecule has 90 valence electrons. The molecule has 2 aromatic rings. The highest BCUT2D eigenvalue weighted by atomic mass is 19.4. The number of halogens is 3. The quantitative estimate of drug-likeness (QED) is 0.819. The first-order chi connectivity index (χ1) is 7.88. The molecular formula is C11H9F3N2O. The molecule has 0 saturated carbocycles. The molecule has 0 radical (unpaired) electrons. The smallest absolute Gasteiger partial charge is 0.286 e. The van der Waals surface area contributed by atoms with Crippen molar-refractivity contribution in [2.75, 3.05) is 0 Å². The van der Waals surface area contributed by atoms with Crippen molar-refractivity contribution < 1.29 is 13.2 Å². The van der Waals surface area contributed by atoms with Crippen LogP contribution in [0.2, 0.25) is 0 Å². The van der Waals surface area contributed by atoms with E-state index in [0.29, 0.717) is 11.8 Å². The molecule has 0 amide bonds. The summed E-state index contributed by atoms with van der Waals surface area (Å²) < 4.78 is 38.0. The lowest BCUT2D eigenvalue weighted by Crippen LogP contribution is -2.13. The second kappa shape index (κ2) is 3.80. The molecule has 1 N–H and O–H groups in total. The summed E-state index contributed by atoms with van der Waals surface area (Å²) in [6.45, 7) is 1.85. The summed E-state index contributed by atoms with van der Waals surface area (Å²) in [5.41, 5.74) is -0.454. The van der Waals surface area contributed by atoms with E-state index in [0.717, 1.165) is 10.2 Å². The van der Waals surface area contributed by atoms with E-state index in [-0.39, 0.29) is 0 Å². The first kappa shape index (κ1) is 11.5. The average Bonchev–Trinajstić information content (AvgIpc) is 2.61. The van der Waals surface area contributed by atoms with Crippen LogP contribution in [0.3, 0.4) is 0 Å². The van der Waals surface area contributed by atoms with Crippen LogP contribution >= 0.6 is 0 Å². The van der Waals surface area contributed by atoms with Gasteiger partial charge in [0.1, 0.15) is 5.69 Å². The lowest BCUT2D eigenvalue weighted by molar-refractivity contribution is -0.141. The van der Waals surface area contributed by atoms with Gasteiger partial charge in [-0.15, -0.1) is 0 Å². The van der Waals surface area contributed by atoms with E-state index in [1.54, 1.807) is 24.3 Å². The Bertz CT molecular complexity index is 578. The van der Waals surface area contributed by atoms with Crippen molar-refractivity contribution in [2.24, 2.45) is 0 Å². The molecule has 0 saturated heterocycles. The Labute approximate surface area is 94.5 Å². The normalized spacial score (nSPS) is 11.8. The first-order valence-corrected chi connectivity index (χ1v) is 4.84. The zero-order valence-electron chi connectivity index (χ0n) is 8.88. The fourth-order valence-electron chi connectivity index (χ4n) is 1.43. The third-order valence-corrected chi connectivity index (χ3v) is 2.32. The minimum atomic E-state index is -4.55. The zero-order chi connectivity index (χ0) is 12.6. The molecule has 0 aliphatic heterocycles. The van der Waals surface area contributed by atoms with E-state index in [1.807, 2.05) is 12.0 Å². The van der Waals surface area contributed by atoms with Gasteiger partial charge in [0, 0.05) is 6.07 Å². The summed E-state index contributed by atoms with van der Waals surface area (Å²) in [6.07, 6.45) is -4.55. The van der Waals surface area contributed by atoms with Crippen molar-refractivity contribution in [2.45, 2.75) is 13.1 Å². The van der Waals surface area contributed by atoms with Gasteiger partial charge in [0.05, 0.1) is 5.69 Å². The van der Waals surface area contributed by atoms with Crippen LogP contribution in [0.5, 0.6) is 0 Å². The van der Waals surface area contributed by atoms with Crippen molar-refractivity contribution in [1.29, 1.82) is 0 Å². The number of aromatic nitrogens is 2. The number of aryl methyl sites for hydroxylation is 1. The summed E-state index contributed by atoms with van der Waals surface area (Å²) in [6, 6.07) is 7.13. The molecule has 1 aromatic carbocycles. The van der Waals surface area contributed by atoms with Gasteiger partial charge < -0.3 is 0 Å². The Hall–Kier alpha value is -1.98. The Morgan fingerprint density at radius 3 is 2.24 bits per heavy atom. The predicted molar refractivity (Wildman–Crippen MR) is 56.1 cm³/mol. The van der Waals surface area contributed by atoms with Crippen molar-refractivity contribution >= 4 is 0 Å². The summed E-state index contributed by atoms with van der Waals surface area (Å²) in [5, 5.41) is 2.04. The molecule has 0 unspecified atom stereocenters. The number of benzene rings is 1. The number of H-pyrrole nitrogens is 1. The monoisotopic (exact) mass is 242 g/mol. The Kier molecular flexibility index (Phi) is 2.57. The average molecular weight is 242 g/mol. The van der Waals surface area contributed by atoms with Gasteiger partial charge in [-0.25, -0.2) is 4.68 Å². The van der Waals surface area contributed by atoms with Crippen LogP contribution in [0.1, 0.15) is 11.3 Å². The third kappa shape index (κ3) is 2.25. The van der Waals surface area contributed by atoms with E-state index >= 15 is 0 Å². The summed E-state index contributed by atoms with van der Waals surface area (Å²) in [7, 11) is 0. The van der Waals surface area contributed by atoms with E-state index in [1.165, 1.54) is 0 Å². The number of rotatable bonds is 1. The number of nitrogens with one attached hydrogen (secondary N) is 1. The van der Waals surface area contributed by atoms with Gasteiger partial charge in [0.15, 0.2) is 0 Å². The molecule has 2 rings (SSSR count). The molecule has 0 aliphatic carbocycles. The highest BCUT2D eigenvalue weighted by molar-refractivity contribution is 5.33. The maximum atomic E-state index is 12.4. The van der Waals surface area contributed by atoms with Gasteiger partial charge in [0.25, 0.3) is 5.56 Å². The number of hydrogen-bond acceptors (Lipinski definition) is 1. The van der Waals surface area contributed by atoms with Crippen LogP contribution < -0.4 is 5.56 Å². The van der Waals surface area contributed by atoms with E-state index in [2.05, 4.69) is 0 Å². The Morgan fingerprint density at radius 2 is 1.76 bits per heavy atom. The van der Waals surface area contributed by atoms with Crippen LogP contribution in [0.25, 0.3) is 5.69 Å². The van der Waals surface area contributed by atoms with E-state index < -0.39 is 17.4 Å². The van der Waals surface area contributed by atoms with Crippen molar-refractivity contribution in [3.8, 4) is 5.69 Å². The number of aromatic amines is 1. The minimum Gasteiger partial charge on any atom is -0.286 e. The van der Waals surface area contributed by atoms with Gasteiger partial charge in [0.2, 0.25) is 0 Å². The molecule has 0 aliphatic rings. The van der Waals surface area contributed by atoms with Gasteiger partial charge >= 0.3 is 6.18 Å². The zero-order valence-corrected chi connectivity index (χ0v) is 8.88. The van der Waals surface area contributed by atoms with Gasteiger partial charge in [-0.05, 0) is 19.1 Å². The topological polar surface area (TPSA) is 37.8 Å². The molecule has 3 nitrogen and oxygen atoms in total. The molecule has 1 aromatic heterocycles. The SMILES string of the molecule is Cc1ccc(-n2[nH]c(C(F)(F)F)cc2=O)cc1. The molecule has 0 fully saturated rings. The Balaban J connectivity index is 2.50. The molecule has 0 spiro atoms. The molecule has 17 heavy (non-hydrogen) atoms. The number of hydrogen-bond donors (Lipinski definition) is 1. The van der Waals surface area contributed by atoms with Crippen molar-refractivity contribution in [3.63, 3.8) is 0 Å². The molecule has 6 heteroatoms. The lowest BCUT2D eigenvalue weighted by atomic mass is 10.2. The van der Waals surface area contributed by atoms with E-state index in [4.69, 9.17) is 0 Å². The molecule has 1 heterocycles. The van der Waals surface area contributed by atoms with Crippen LogP contribution in [0.15, 0.2) is 35.1 Å². The van der Waals surface area contributed by atoms with Gasteiger partial charge in [-0.3, -0.25) is 9.89 Å². The largest absolute Gasteiger partial charge is 0.432 e. The van der Waals surface area contributed by atoms with Crippen LogP contribution in [0.4, 0.5) is 13.2 Å². The van der Waals surface area contributed by atoms with Gasteiger partial charge in [-0.1, -0.05) is 17.7 Å². The maximum Gasteiger partial charge on any atom is 0.432 e. The van der Waals surface area contributed by atoms with E-state index in [9.17, 15) is 18.0 Å². The molecule has 0 atom stereocenters. The van der Waals surface area contributed by atoms with Crippen molar-refractivity contribution in [3.05, 3.63) is 51.9 Å². The van der Waals surface area contributed by atoms with Crippen LogP contribution in [0, 0.1) is 6.92 Å². The number of nitrogens with zero attached hydrogens (tertiary/aromatic N) is 1. The fourth-order valence-corrected chi connectivity index (χ4v) is 1.43. The summed E-state index contributed by atoms with van der Waals surface area (Å²) >= 11 is 0. The third-order valence-electron chi connectivity index (χ3n) is 2.32. The maximum absolute atomic E-state index is 12.4. The first-order valence-electron chi connectivity index (χ1n) is 4.84. The van der Waals surface area contributed by atoms with Crippen LogP contribution in [-0.4, -0.2) is 9.78 Å². The fraction of sp³-hybridized carbons (Fsp3) is 0.182.